The molecule has 0 saturated heterocycles. The Morgan fingerprint density at radius 2 is 2.07 bits per heavy atom. The zero-order valence-corrected chi connectivity index (χ0v) is 9.27. The highest BCUT2D eigenvalue weighted by Gasteiger charge is 2.03. The van der Waals surface area contributed by atoms with E-state index >= 15 is 0 Å². The van der Waals surface area contributed by atoms with Crippen LogP contribution in [0.4, 0.5) is 0 Å². The molecule has 0 aliphatic carbocycles. The van der Waals surface area contributed by atoms with Crippen LogP contribution >= 0.6 is 11.3 Å². The van der Waals surface area contributed by atoms with Crippen LogP contribution in [-0.2, 0) is 0 Å². The molecule has 1 aromatic carbocycles. The molecule has 1 N–H and O–H groups in total. The Hall–Kier alpha value is -1.54. The van der Waals surface area contributed by atoms with Crippen molar-refractivity contribution in [2.24, 2.45) is 0 Å². The van der Waals surface area contributed by atoms with E-state index in [0.717, 1.165) is 0 Å². The van der Waals surface area contributed by atoms with E-state index in [0.29, 0.717) is 0 Å². The third-order valence-electron chi connectivity index (χ3n) is 2.56. The Kier molecular flexibility index (Phi) is 1.89. The molecule has 2 heterocycles. The van der Waals surface area contributed by atoms with Gasteiger partial charge in [-0.2, -0.15) is 0 Å². The summed E-state index contributed by atoms with van der Waals surface area (Å²) < 4.78 is 0. The largest absolute Gasteiger partial charge is 0.354 e. The van der Waals surface area contributed by atoms with Crippen molar-refractivity contribution in [3.63, 3.8) is 0 Å². The van der Waals surface area contributed by atoms with Crippen LogP contribution in [0.3, 0.4) is 0 Å². The number of fused-ring (bicyclic) bond motifs is 1. The average Bonchev–Trinajstić information content (AvgIpc) is 2.84. The third kappa shape index (κ3) is 1.47. The fourth-order valence-electron chi connectivity index (χ4n) is 1.81. The van der Waals surface area contributed by atoms with E-state index in [9.17, 15) is 0 Å². The van der Waals surface area contributed by atoms with E-state index in [2.05, 4.69) is 53.7 Å². The van der Waals surface area contributed by atoms with Crippen molar-refractivity contribution in [3.8, 4) is 10.6 Å². The minimum atomic E-state index is 1.21. The molecule has 0 spiro atoms. The van der Waals surface area contributed by atoms with Crippen LogP contribution in [0.25, 0.3) is 21.5 Å². The minimum absolute atomic E-state index is 1.21. The summed E-state index contributed by atoms with van der Waals surface area (Å²) in [6.07, 6.45) is 0. The van der Waals surface area contributed by atoms with Crippen molar-refractivity contribution >= 4 is 22.2 Å². The Labute approximate surface area is 92.4 Å². The Balaban J connectivity index is 2.22. The molecule has 0 atom stereocenters. The summed E-state index contributed by atoms with van der Waals surface area (Å²) in [7, 11) is 0. The molecule has 3 aromatic rings. The molecular weight excluding hydrogens is 202 g/mol. The van der Waals surface area contributed by atoms with E-state index in [1.807, 2.05) is 0 Å². The Morgan fingerprint density at radius 1 is 1.13 bits per heavy atom. The van der Waals surface area contributed by atoms with Gasteiger partial charge in [-0.3, -0.25) is 0 Å². The van der Waals surface area contributed by atoms with Crippen LogP contribution in [0.1, 0.15) is 5.56 Å². The molecule has 0 aliphatic rings. The number of hydrogen-bond donors (Lipinski definition) is 1. The van der Waals surface area contributed by atoms with Crippen LogP contribution in [-0.4, -0.2) is 4.98 Å². The lowest BCUT2D eigenvalue weighted by Gasteiger charge is -1.91. The van der Waals surface area contributed by atoms with Gasteiger partial charge in [0.1, 0.15) is 0 Å². The van der Waals surface area contributed by atoms with Gasteiger partial charge in [-0.25, -0.2) is 0 Å². The lowest BCUT2D eigenvalue weighted by molar-refractivity contribution is 1.44. The van der Waals surface area contributed by atoms with Gasteiger partial charge in [0.2, 0.25) is 0 Å². The maximum Gasteiger partial charge on any atom is 0.0566 e. The van der Waals surface area contributed by atoms with Crippen molar-refractivity contribution in [2.45, 2.75) is 6.92 Å². The van der Waals surface area contributed by atoms with Crippen LogP contribution in [0.2, 0.25) is 0 Å². The van der Waals surface area contributed by atoms with Gasteiger partial charge in [-0.15, -0.1) is 11.3 Å². The van der Waals surface area contributed by atoms with Crippen molar-refractivity contribution < 1.29 is 0 Å². The maximum atomic E-state index is 3.45. The van der Waals surface area contributed by atoms with Crippen molar-refractivity contribution in [2.75, 3.05) is 0 Å². The highest BCUT2D eigenvalue weighted by molar-refractivity contribution is 7.13. The van der Waals surface area contributed by atoms with Gasteiger partial charge < -0.3 is 4.98 Å². The number of H-pyrrole nitrogens is 1. The molecule has 0 bridgehead atoms. The molecule has 74 valence electrons. The summed E-state index contributed by atoms with van der Waals surface area (Å²) in [5.41, 5.74) is 3.73. The van der Waals surface area contributed by atoms with Gasteiger partial charge in [0.25, 0.3) is 0 Å². The summed E-state index contributed by atoms with van der Waals surface area (Å²) in [4.78, 5) is 4.74. The number of aromatic nitrogens is 1. The predicted molar refractivity (Wildman–Crippen MR) is 66.3 cm³/mol. The highest BCUT2D eigenvalue weighted by Crippen LogP contribution is 2.27. The predicted octanol–water partition coefficient (Wildman–Crippen LogP) is 4.20. The average molecular weight is 213 g/mol. The quantitative estimate of drug-likeness (QED) is 0.623. The van der Waals surface area contributed by atoms with Crippen LogP contribution < -0.4 is 0 Å². The summed E-state index contributed by atoms with van der Waals surface area (Å²) in [6.45, 7) is 2.12. The SMILES string of the molecule is Cc1ccc2cc(-c3cccs3)[nH]c2c1. The Bertz CT molecular complexity index is 590. The fraction of sp³-hybridized carbons (Fsp3) is 0.0769. The fourth-order valence-corrected chi connectivity index (χ4v) is 2.50. The second kappa shape index (κ2) is 3.24. The summed E-state index contributed by atoms with van der Waals surface area (Å²) in [6, 6.07) is 12.9. The number of nitrogens with one attached hydrogen (secondary N) is 1. The molecule has 0 radical (unpaired) electrons. The van der Waals surface area contributed by atoms with E-state index in [1.165, 1.54) is 27.0 Å². The zero-order chi connectivity index (χ0) is 10.3. The monoisotopic (exact) mass is 213 g/mol. The zero-order valence-electron chi connectivity index (χ0n) is 8.45. The molecular formula is C13H11NS. The van der Waals surface area contributed by atoms with Gasteiger partial charge in [0.15, 0.2) is 0 Å². The topological polar surface area (TPSA) is 15.8 Å². The van der Waals surface area contributed by atoms with Gasteiger partial charge in [-0.1, -0.05) is 18.2 Å². The summed E-state index contributed by atoms with van der Waals surface area (Å²) in [5.74, 6) is 0. The molecule has 3 rings (SSSR count). The van der Waals surface area contributed by atoms with Gasteiger partial charge >= 0.3 is 0 Å². The normalized spacial score (nSPS) is 11.0. The highest BCUT2D eigenvalue weighted by atomic mass is 32.1. The first kappa shape index (κ1) is 8.74. The molecule has 0 saturated carbocycles. The number of benzene rings is 1. The van der Waals surface area contributed by atoms with Gasteiger partial charge in [0, 0.05) is 10.9 Å². The van der Waals surface area contributed by atoms with Crippen LogP contribution in [0, 0.1) is 6.92 Å². The number of aromatic amines is 1. The second-order valence-corrected chi connectivity index (χ2v) is 4.70. The summed E-state index contributed by atoms with van der Waals surface area (Å²) >= 11 is 1.76. The van der Waals surface area contributed by atoms with Crippen molar-refractivity contribution in [1.82, 2.24) is 4.98 Å². The van der Waals surface area contributed by atoms with Gasteiger partial charge in [0.05, 0.1) is 10.6 Å². The number of hydrogen-bond acceptors (Lipinski definition) is 1. The molecule has 0 aliphatic heterocycles. The smallest absolute Gasteiger partial charge is 0.0566 e. The molecule has 2 heteroatoms. The van der Waals surface area contributed by atoms with E-state index in [4.69, 9.17) is 0 Å². The molecule has 0 amide bonds. The first-order chi connectivity index (χ1) is 7.33. The molecule has 1 nitrogen and oxygen atoms in total. The molecule has 2 aromatic heterocycles. The van der Waals surface area contributed by atoms with Crippen LogP contribution in [0.15, 0.2) is 41.8 Å². The molecule has 0 unspecified atom stereocenters. The third-order valence-corrected chi connectivity index (χ3v) is 3.47. The van der Waals surface area contributed by atoms with Crippen molar-refractivity contribution in [1.29, 1.82) is 0 Å². The second-order valence-electron chi connectivity index (χ2n) is 3.75. The molecule has 0 fully saturated rings. The Morgan fingerprint density at radius 3 is 2.87 bits per heavy atom. The lowest BCUT2D eigenvalue weighted by atomic mass is 10.2. The van der Waals surface area contributed by atoms with Crippen LogP contribution in [0.5, 0.6) is 0 Å². The maximum absolute atomic E-state index is 3.45. The molecule has 15 heavy (non-hydrogen) atoms. The van der Waals surface area contributed by atoms with Crippen molar-refractivity contribution in [3.05, 3.63) is 47.3 Å². The summed E-state index contributed by atoms with van der Waals surface area (Å²) in [5, 5.41) is 3.38. The minimum Gasteiger partial charge on any atom is -0.354 e. The van der Waals surface area contributed by atoms with E-state index in [1.54, 1.807) is 11.3 Å². The standard InChI is InChI=1S/C13H11NS/c1-9-4-5-10-8-12(14-11(10)7-9)13-3-2-6-15-13/h2-8,14H,1H3. The number of thiophene rings is 1. The first-order valence-electron chi connectivity index (χ1n) is 4.96. The van der Waals surface area contributed by atoms with E-state index < -0.39 is 0 Å². The number of aryl methyl sites for hydroxylation is 1. The number of rotatable bonds is 1. The van der Waals surface area contributed by atoms with Gasteiger partial charge in [-0.05, 0) is 36.1 Å². The first-order valence-corrected chi connectivity index (χ1v) is 5.84. The van der Waals surface area contributed by atoms with E-state index in [-0.39, 0.29) is 0 Å². The lowest BCUT2D eigenvalue weighted by Crippen LogP contribution is -1.72.